The molecule has 196 valence electrons. The van der Waals surface area contributed by atoms with Gasteiger partial charge < -0.3 is 0 Å². The molecule has 0 N–H and O–H groups in total. The van der Waals surface area contributed by atoms with Crippen LogP contribution in [-0.2, 0) is 24.3 Å². The number of hydrogen-bond donors (Lipinski definition) is 0. The summed E-state index contributed by atoms with van der Waals surface area (Å²) < 4.78 is 1.28. The van der Waals surface area contributed by atoms with Gasteiger partial charge in [0.2, 0.25) is 0 Å². The van der Waals surface area contributed by atoms with Crippen LogP contribution in [0, 0.1) is 6.92 Å². The van der Waals surface area contributed by atoms with Gasteiger partial charge in [-0.2, -0.15) is 0 Å². The second-order valence-electron chi connectivity index (χ2n) is 11.0. The van der Waals surface area contributed by atoms with Gasteiger partial charge in [0.05, 0.1) is 0 Å². The van der Waals surface area contributed by atoms with Crippen LogP contribution in [-0.4, -0.2) is 9.52 Å². The van der Waals surface area contributed by atoms with Gasteiger partial charge in [-0.1, -0.05) is 0 Å². The van der Waals surface area contributed by atoms with Crippen LogP contribution in [0.15, 0.2) is 109 Å². The van der Waals surface area contributed by atoms with E-state index in [1.165, 1.54) is 69.3 Å². The maximum absolute atomic E-state index is 7.93. The van der Waals surface area contributed by atoms with E-state index in [1.54, 1.807) is 0 Å². The Kier molecular flexibility index (Phi) is 6.88. The molecule has 0 bridgehead atoms. The number of allylic oxidation sites excluding steroid dienone is 1. The SMILES string of the molecule is CCc1ccc2c(c1-c1ccccc1C)C=C(c1ccccc1)[CH]2[Zr]([Cl])([Cl])[c]1cccc2c1[SiH2]c1ccccc1-2. The molecule has 5 aromatic carbocycles. The average molecular weight is 653 g/mol. The van der Waals surface area contributed by atoms with Crippen molar-refractivity contribution in [1.82, 2.24) is 0 Å². The topological polar surface area (TPSA) is 0 Å². The molecule has 5 aromatic rings. The third kappa shape index (κ3) is 4.19. The fraction of sp³-hybridized carbons (Fsp3) is 0.111. The third-order valence-corrected chi connectivity index (χ3v) is 23.0. The first-order valence-corrected chi connectivity index (χ1v) is 24.5. The molecule has 1 aliphatic heterocycles. The average Bonchev–Trinajstić information content (AvgIpc) is 3.57. The summed E-state index contributed by atoms with van der Waals surface area (Å²) in [5.74, 6) is 0. The summed E-state index contributed by atoms with van der Waals surface area (Å²) >= 11 is -4.10. The van der Waals surface area contributed by atoms with Gasteiger partial charge in [0.1, 0.15) is 0 Å². The van der Waals surface area contributed by atoms with Gasteiger partial charge in [0, 0.05) is 0 Å². The monoisotopic (exact) mass is 650 g/mol. The molecule has 0 saturated heterocycles. The number of hydrogen-bond acceptors (Lipinski definition) is 0. The zero-order valence-electron chi connectivity index (χ0n) is 22.7. The predicted octanol–water partition coefficient (Wildman–Crippen LogP) is 7.71. The summed E-state index contributed by atoms with van der Waals surface area (Å²) in [6.07, 6.45) is 3.39. The van der Waals surface area contributed by atoms with Crippen LogP contribution < -0.4 is 13.6 Å². The second kappa shape index (κ2) is 10.4. The summed E-state index contributed by atoms with van der Waals surface area (Å²) in [5.41, 5.74) is 13.1. The van der Waals surface area contributed by atoms with Crippen LogP contribution in [0.1, 0.15) is 38.4 Å². The van der Waals surface area contributed by atoms with Crippen molar-refractivity contribution in [3.8, 4) is 22.3 Å². The molecule has 0 nitrogen and oxygen atoms in total. The molecule has 0 radical (unpaired) electrons. The molecule has 7 rings (SSSR count). The number of halogens is 2. The van der Waals surface area contributed by atoms with E-state index >= 15 is 0 Å². The summed E-state index contributed by atoms with van der Waals surface area (Å²) in [6, 6.07) is 39.8. The minimum atomic E-state index is -4.10. The molecule has 2 aliphatic rings. The van der Waals surface area contributed by atoms with E-state index in [4.69, 9.17) is 17.0 Å². The summed E-state index contributed by atoms with van der Waals surface area (Å²) in [6.45, 7) is 4.46. The molecule has 0 spiro atoms. The molecule has 0 fully saturated rings. The van der Waals surface area contributed by atoms with Gasteiger partial charge in [-0.15, -0.1) is 0 Å². The maximum atomic E-state index is 7.93. The van der Waals surface area contributed by atoms with Crippen LogP contribution in [0.3, 0.4) is 0 Å². The van der Waals surface area contributed by atoms with Gasteiger partial charge in [-0.3, -0.25) is 0 Å². The number of rotatable bonds is 5. The van der Waals surface area contributed by atoms with Crippen LogP contribution >= 0.6 is 17.0 Å². The summed E-state index contributed by atoms with van der Waals surface area (Å²) in [5, 5.41) is 2.97. The van der Waals surface area contributed by atoms with Gasteiger partial charge in [0.25, 0.3) is 0 Å². The molecule has 1 heterocycles. The molecule has 0 saturated carbocycles. The van der Waals surface area contributed by atoms with Crippen molar-refractivity contribution in [3.05, 3.63) is 137 Å². The van der Waals surface area contributed by atoms with Crippen LogP contribution in [0.25, 0.3) is 33.9 Å². The van der Waals surface area contributed by atoms with Crippen molar-refractivity contribution < 1.29 is 17.9 Å². The fourth-order valence-electron chi connectivity index (χ4n) is 6.86. The summed E-state index contributed by atoms with van der Waals surface area (Å²) in [7, 11) is 15.2. The van der Waals surface area contributed by atoms with Gasteiger partial charge in [0.15, 0.2) is 0 Å². The number of aryl methyl sites for hydroxylation is 2. The quantitative estimate of drug-likeness (QED) is 0.168. The van der Waals surface area contributed by atoms with E-state index in [0.29, 0.717) is 0 Å². The van der Waals surface area contributed by atoms with Crippen LogP contribution in [0.2, 0.25) is 0 Å². The number of benzene rings is 5. The van der Waals surface area contributed by atoms with E-state index < -0.39 is 27.4 Å². The van der Waals surface area contributed by atoms with Crippen molar-refractivity contribution in [2.45, 2.75) is 23.9 Å². The Labute approximate surface area is 251 Å². The zero-order valence-corrected chi connectivity index (χ0v) is 28.1. The Morgan fingerprint density at radius 2 is 1.43 bits per heavy atom. The molecular formula is C36H30Cl2SiZr. The molecule has 40 heavy (non-hydrogen) atoms. The summed E-state index contributed by atoms with van der Waals surface area (Å²) in [4.78, 5) is 0. The first kappa shape index (κ1) is 26.4. The van der Waals surface area contributed by atoms with E-state index in [-0.39, 0.29) is 3.63 Å². The molecular weight excluding hydrogens is 623 g/mol. The molecule has 1 unspecified atom stereocenters. The van der Waals surface area contributed by atoms with Crippen molar-refractivity contribution >= 4 is 51.8 Å². The normalized spacial score (nSPS) is 16.0. The molecule has 1 aliphatic carbocycles. The molecule has 4 heteroatoms. The Morgan fingerprint density at radius 1 is 0.725 bits per heavy atom. The van der Waals surface area contributed by atoms with Crippen molar-refractivity contribution in [1.29, 1.82) is 0 Å². The zero-order chi connectivity index (χ0) is 27.4. The Morgan fingerprint density at radius 3 is 2.20 bits per heavy atom. The number of fused-ring (bicyclic) bond motifs is 4. The van der Waals surface area contributed by atoms with E-state index in [2.05, 4.69) is 129 Å². The molecule has 0 amide bonds. The first-order chi connectivity index (χ1) is 19.5. The van der Waals surface area contributed by atoms with E-state index in [0.717, 1.165) is 6.42 Å². The minimum absolute atomic E-state index is 0.00733. The standard InChI is InChI=1S/C24H21.C12H9Si.2ClH.Zr/c1-3-18-13-14-20-15-21(19-10-5-4-6-11-19)16-23(20)24(18)22-12-8-7-9-17(22)2;1-3-7-11-9(5-1)10-6-2-4-8-12(10)13-11;;;/h4-16H,3H2,1-2H3;1-7H,13H2;2*1H;/q;;;;+2/p-2. The van der Waals surface area contributed by atoms with Gasteiger partial charge in [-0.25, -0.2) is 0 Å². The van der Waals surface area contributed by atoms with Gasteiger partial charge in [-0.05, 0) is 0 Å². The van der Waals surface area contributed by atoms with Crippen molar-refractivity contribution in [3.63, 3.8) is 0 Å². The van der Waals surface area contributed by atoms with Crippen LogP contribution in [0.4, 0.5) is 0 Å². The van der Waals surface area contributed by atoms with Crippen LogP contribution in [0.5, 0.6) is 0 Å². The Bertz CT molecular complexity index is 1810. The van der Waals surface area contributed by atoms with Crippen molar-refractivity contribution in [2.75, 3.05) is 0 Å². The first-order valence-electron chi connectivity index (χ1n) is 14.1. The van der Waals surface area contributed by atoms with Crippen molar-refractivity contribution in [2.24, 2.45) is 0 Å². The van der Waals surface area contributed by atoms with E-state index in [9.17, 15) is 0 Å². The second-order valence-corrected chi connectivity index (χ2v) is 26.8. The molecule has 0 aromatic heterocycles. The Hall–Kier alpha value is -2.48. The van der Waals surface area contributed by atoms with Gasteiger partial charge >= 0.3 is 253 Å². The third-order valence-electron chi connectivity index (χ3n) is 8.76. The molecule has 1 atom stereocenters. The fourth-order valence-corrected chi connectivity index (χ4v) is 23.3. The predicted molar refractivity (Wildman–Crippen MR) is 174 cm³/mol. The Balaban J connectivity index is 1.47. The van der Waals surface area contributed by atoms with E-state index in [1.807, 2.05) is 0 Å².